The molecule has 2 rings (SSSR count). The normalized spacial score (nSPS) is 9.86. The summed E-state index contributed by atoms with van der Waals surface area (Å²) in [6.45, 7) is 2.10. The minimum atomic E-state index is -0.364. The molecule has 0 aliphatic heterocycles. The second kappa shape index (κ2) is 7.42. The van der Waals surface area contributed by atoms with E-state index in [0.717, 1.165) is 5.69 Å². The zero-order valence-corrected chi connectivity index (χ0v) is 12.9. The summed E-state index contributed by atoms with van der Waals surface area (Å²) in [5, 5.41) is 6.41. The summed E-state index contributed by atoms with van der Waals surface area (Å²) in [5.74, 6) is -0.364. The van der Waals surface area contributed by atoms with E-state index >= 15 is 0 Å². The molecule has 0 spiro atoms. The van der Waals surface area contributed by atoms with Gasteiger partial charge in [0.2, 0.25) is 0 Å². The second-order valence-electron chi connectivity index (χ2n) is 4.47. The van der Waals surface area contributed by atoms with Gasteiger partial charge >= 0.3 is 5.97 Å². The molecule has 4 N–H and O–H groups in total. The molecular weight excluding hydrogens is 298 g/mol. The Labute approximate surface area is 134 Å². The number of carbonyl (C=O) groups excluding carboxylic acids is 1. The third-order valence-corrected chi connectivity index (χ3v) is 3.04. The smallest absolute Gasteiger partial charge is 0.338 e. The zero-order valence-electron chi connectivity index (χ0n) is 12.1. The van der Waals surface area contributed by atoms with E-state index in [9.17, 15) is 4.79 Å². The maximum atomic E-state index is 11.7. The summed E-state index contributed by atoms with van der Waals surface area (Å²) in [6.07, 6.45) is 0. The fraction of sp³-hybridized carbons (Fsp3) is 0.125. The summed E-state index contributed by atoms with van der Waals surface area (Å²) in [4.78, 5) is 11.7. The highest BCUT2D eigenvalue weighted by Crippen LogP contribution is 2.18. The monoisotopic (exact) mass is 315 g/mol. The van der Waals surface area contributed by atoms with Gasteiger partial charge in [0.15, 0.2) is 5.11 Å². The average Bonchev–Trinajstić information content (AvgIpc) is 2.50. The van der Waals surface area contributed by atoms with Crippen molar-refractivity contribution in [1.29, 1.82) is 0 Å². The average molecular weight is 315 g/mol. The van der Waals surface area contributed by atoms with Crippen LogP contribution in [0.5, 0.6) is 0 Å². The lowest BCUT2D eigenvalue weighted by Gasteiger charge is -2.12. The maximum Gasteiger partial charge on any atom is 0.338 e. The van der Waals surface area contributed by atoms with Gasteiger partial charge in [-0.2, -0.15) is 0 Å². The number of benzene rings is 2. The van der Waals surface area contributed by atoms with E-state index in [-0.39, 0.29) is 5.97 Å². The number of nitrogen functional groups attached to an aromatic ring is 1. The molecule has 0 saturated carbocycles. The van der Waals surface area contributed by atoms with Crippen LogP contribution in [-0.2, 0) is 4.74 Å². The lowest BCUT2D eigenvalue weighted by molar-refractivity contribution is 0.0526. The first-order chi connectivity index (χ1) is 10.6. The molecule has 0 fully saturated rings. The van der Waals surface area contributed by atoms with Crippen LogP contribution in [0, 0.1) is 0 Å². The van der Waals surface area contributed by atoms with Crippen molar-refractivity contribution in [3.8, 4) is 0 Å². The number of carbonyl (C=O) groups is 1. The number of hydrogen-bond acceptors (Lipinski definition) is 4. The fourth-order valence-electron chi connectivity index (χ4n) is 1.83. The van der Waals surface area contributed by atoms with Crippen molar-refractivity contribution in [2.75, 3.05) is 23.0 Å². The van der Waals surface area contributed by atoms with E-state index in [4.69, 9.17) is 22.7 Å². The van der Waals surface area contributed by atoms with Gasteiger partial charge in [0.25, 0.3) is 0 Å². The Kier molecular flexibility index (Phi) is 5.32. The van der Waals surface area contributed by atoms with Crippen LogP contribution >= 0.6 is 12.2 Å². The van der Waals surface area contributed by atoms with E-state index in [1.165, 1.54) is 0 Å². The van der Waals surface area contributed by atoms with E-state index in [0.29, 0.717) is 28.7 Å². The molecule has 22 heavy (non-hydrogen) atoms. The van der Waals surface area contributed by atoms with Crippen molar-refractivity contribution in [3.63, 3.8) is 0 Å². The molecule has 5 nitrogen and oxygen atoms in total. The van der Waals surface area contributed by atoms with Crippen LogP contribution in [0.15, 0.2) is 48.5 Å². The second-order valence-corrected chi connectivity index (χ2v) is 4.88. The molecule has 2 aromatic carbocycles. The number of ether oxygens (including phenoxy) is 1. The molecule has 2 aromatic rings. The molecular formula is C16H17N3O2S. The molecule has 6 heteroatoms. The van der Waals surface area contributed by atoms with Crippen molar-refractivity contribution in [1.82, 2.24) is 0 Å². The molecule has 0 heterocycles. The van der Waals surface area contributed by atoms with Crippen LogP contribution in [0.1, 0.15) is 17.3 Å². The van der Waals surface area contributed by atoms with Crippen molar-refractivity contribution in [3.05, 3.63) is 54.1 Å². The summed E-state index contributed by atoms with van der Waals surface area (Å²) in [7, 11) is 0. The first kappa shape index (κ1) is 15.8. The third-order valence-electron chi connectivity index (χ3n) is 2.84. The van der Waals surface area contributed by atoms with Gasteiger partial charge in [-0.3, -0.25) is 0 Å². The third kappa shape index (κ3) is 4.20. The number of nitrogens with one attached hydrogen (secondary N) is 2. The van der Waals surface area contributed by atoms with Gasteiger partial charge < -0.3 is 21.1 Å². The number of esters is 1. The van der Waals surface area contributed by atoms with Gasteiger partial charge in [-0.25, -0.2) is 4.79 Å². The quantitative estimate of drug-likeness (QED) is 0.457. The lowest BCUT2D eigenvalue weighted by atomic mass is 10.2. The summed E-state index contributed by atoms with van der Waals surface area (Å²) in [6, 6.07) is 14.3. The van der Waals surface area contributed by atoms with E-state index in [2.05, 4.69) is 10.6 Å². The van der Waals surface area contributed by atoms with E-state index in [1.54, 1.807) is 31.2 Å². The lowest BCUT2D eigenvalue weighted by Crippen LogP contribution is -2.20. The number of rotatable bonds is 4. The van der Waals surface area contributed by atoms with Crippen LogP contribution in [-0.4, -0.2) is 17.7 Å². The van der Waals surface area contributed by atoms with Gasteiger partial charge in [0.05, 0.1) is 23.5 Å². The predicted molar refractivity (Wildman–Crippen MR) is 93.1 cm³/mol. The van der Waals surface area contributed by atoms with Crippen molar-refractivity contribution in [2.45, 2.75) is 6.92 Å². The van der Waals surface area contributed by atoms with E-state index in [1.807, 2.05) is 24.3 Å². The van der Waals surface area contributed by atoms with Crippen molar-refractivity contribution >= 4 is 40.4 Å². The topological polar surface area (TPSA) is 76.4 Å². The standard InChI is InChI=1S/C16H17N3O2S/c1-2-21-15(20)11-6-5-7-12(10-11)18-16(22)19-14-9-4-3-8-13(14)17/h3-10H,2,17H2,1H3,(H2,18,19,22). The Bertz CT molecular complexity index is 689. The van der Waals surface area contributed by atoms with Crippen LogP contribution in [0.3, 0.4) is 0 Å². The van der Waals surface area contributed by atoms with Gasteiger partial charge in [-0.05, 0) is 49.5 Å². The van der Waals surface area contributed by atoms with Crippen molar-refractivity contribution < 1.29 is 9.53 Å². The highest BCUT2D eigenvalue weighted by Gasteiger charge is 2.07. The van der Waals surface area contributed by atoms with Gasteiger partial charge in [-0.1, -0.05) is 18.2 Å². The minimum Gasteiger partial charge on any atom is -0.462 e. The summed E-state index contributed by atoms with van der Waals surface area (Å²) < 4.78 is 4.97. The molecule has 0 radical (unpaired) electrons. The molecule has 0 saturated heterocycles. The molecule has 0 unspecified atom stereocenters. The zero-order chi connectivity index (χ0) is 15.9. The highest BCUT2D eigenvalue weighted by atomic mass is 32.1. The number of anilines is 3. The van der Waals surface area contributed by atoms with Crippen LogP contribution < -0.4 is 16.4 Å². The van der Waals surface area contributed by atoms with Crippen LogP contribution in [0.4, 0.5) is 17.1 Å². The Morgan fingerprint density at radius 2 is 1.95 bits per heavy atom. The predicted octanol–water partition coefficient (Wildman–Crippen LogP) is 3.25. The molecule has 0 atom stereocenters. The minimum absolute atomic E-state index is 0.337. The Morgan fingerprint density at radius 1 is 1.18 bits per heavy atom. The first-order valence-corrected chi connectivity index (χ1v) is 7.20. The Morgan fingerprint density at radius 3 is 2.68 bits per heavy atom. The van der Waals surface area contributed by atoms with Gasteiger partial charge in [-0.15, -0.1) is 0 Å². The first-order valence-electron chi connectivity index (χ1n) is 6.80. The number of thiocarbonyl (C=S) groups is 1. The van der Waals surface area contributed by atoms with Gasteiger partial charge in [0.1, 0.15) is 0 Å². The highest BCUT2D eigenvalue weighted by molar-refractivity contribution is 7.80. The van der Waals surface area contributed by atoms with Crippen LogP contribution in [0.25, 0.3) is 0 Å². The number of hydrogen-bond donors (Lipinski definition) is 3. The number of para-hydroxylation sites is 2. The molecule has 0 amide bonds. The fourth-order valence-corrected chi connectivity index (χ4v) is 2.06. The van der Waals surface area contributed by atoms with Crippen LogP contribution in [0.2, 0.25) is 0 Å². The summed E-state index contributed by atoms with van der Waals surface area (Å²) >= 11 is 5.24. The Balaban J connectivity index is 2.04. The molecule has 0 aliphatic carbocycles. The largest absolute Gasteiger partial charge is 0.462 e. The molecule has 0 aliphatic rings. The Hall–Kier alpha value is -2.60. The maximum absolute atomic E-state index is 11.7. The molecule has 114 valence electrons. The summed E-state index contributed by atoms with van der Waals surface area (Å²) in [5.41, 5.74) is 8.33. The van der Waals surface area contributed by atoms with Gasteiger partial charge in [0, 0.05) is 5.69 Å². The number of nitrogens with two attached hydrogens (primary N) is 1. The van der Waals surface area contributed by atoms with Crippen molar-refractivity contribution in [2.24, 2.45) is 0 Å². The molecule has 0 aromatic heterocycles. The molecule has 0 bridgehead atoms. The SMILES string of the molecule is CCOC(=O)c1cccc(NC(=S)Nc2ccccc2N)c1. The van der Waals surface area contributed by atoms with E-state index < -0.39 is 0 Å².